The molecule has 2 N–H and O–H groups in total. The van der Waals surface area contributed by atoms with Crippen LogP contribution in [0.2, 0.25) is 0 Å². The first-order chi connectivity index (χ1) is 6.79. The molecule has 0 aromatic carbocycles. The molecule has 0 atom stereocenters. The van der Waals surface area contributed by atoms with Crippen molar-refractivity contribution in [2.24, 2.45) is 0 Å². The molecule has 1 aromatic heterocycles. The van der Waals surface area contributed by atoms with E-state index in [0.29, 0.717) is 11.5 Å². The Bertz CT molecular complexity index is 331. The van der Waals surface area contributed by atoms with Gasteiger partial charge in [-0.25, -0.2) is 4.79 Å². The molecule has 0 unspecified atom stereocenters. The Hall–Kier alpha value is -0.970. The second-order valence-corrected chi connectivity index (χ2v) is 4.61. The molecule has 14 heavy (non-hydrogen) atoms. The standard InChI is InChI=1S/C9H12N2O2S/c12-9(13)7-5-10-11-8(7)6-1-3-14-4-2-6/h5-6H,1-4H2,(H,10,11)(H,12,13). The normalized spacial score (nSPS) is 18.3. The minimum atomic E-state index is -0.882. The topological polar surface area (TPSA) is 66.0 Å². The van der Waals surface area contributed by atoms with Crippen molar-refractivity contribution in [1.29, 1.82) is 0 Å². The molecule has 4 nitrogen and oxygen atoms in total. The van der Waals surface area contributed by atoms with Gasteiger partial charge >= 0.3 is 5.97 Å². The van der Waals surface area contributed by atoms with E-state index in [2.05, 4.69) is 10.2 Å². The van der Waals surface area contributed by atoms with Gasteiger partial charge in [-0.15, -0.1) is 0 Å². The van der Waals surface area contributed by atoms with E-state index in [9.17, 15) is 4.79 Å². The third-order valence-corrected chi connectivity index (χ3v) is 3.58. The predicted molar refractivity (Wildman–Crippen MR) is 54.8 cm³/mol. The second kappa shape index (κ2) is 4.04. The smallest absolute Gasteiger partial charge is 0.339 e. The highest BCUT2D eigenvalue weighted by Crippen LogP contribution is 2.31. The Morgan fingerprint density at radius 2 is 2.29 bits per heavy atom. The zero-order valence-electron chi connectivity index (χ0n) is 7.69. The number of carbonyl (C=O) groups is 1. The molecule has 76 valence electrons. The van der Waals surface area contributed by atoms with Crippen molar-refractivity contribution >= 4 is 17.7 Å². The number of hydrogen-bond donors (Lipinski definition) is 2. The number of carboxylic acids is 1. The molecule has 1 aliphatic rings. The molecule has 1 fully saturated rings. The zero-order valence-corrected chi connectivity index (χ0v) is 8.51. The average molecular weight is 212 g/mol. The third kappa shape index (κ3) is 1.77. The number of rotatable bonds is 2. The Labute approximate surface area is 86.1 Å². The Balaban J connectivity index is 2.21. The van der Waals surface area contributed by atoms with Crippen LogP contribution in [0.3, 0.4) is 0 Å². The Kier molecular flexibility index (Phi) is 2.77. The molecule has 1 aliphatic heterocycles. The molecule has 5 heteroatoms. The molecule has 1 saturated heterocycles. The molecular formula is C9H12N2O2S. The van der Waals surface area contributed by atoms with Crippen LogP contribution >= 0.6 is 11.8 Å². The molecule has 2 rings (SSSR count). The minimum absolute atomic E-state index is 0.335. The van der Waals surface area contributed by atoms with Gasteiger partial charge < -0.3 is 5.11 Å². The summed E-state index contributed by atoms with van der Waals surface area (Å²) in [7, 11) is 0. The molecule has 1 aromatic rings. The van der Waals surface area contributed by atoms with Crippen molar-refractivity contribution in [1.82, 2.24) is 10.2 Å². The van der Waals surface area contributed by atoms with Gasteiger partial charge in [-0.3, -0.25) is 5.10 Å². The minimum Gasteiger partial charge on any atom is -0.478 e. The molecule has 0 amide bonds. The molecular weight excluding hydrogens is 200 g/mol. The van der Waals surface area contributed by atoms with Crippen LogP contribution in [-0.2, 0) is 0 Å². The summed E-state index contributed by atoms with van der Waals surface area (Å²) in [6.07, 6.45) is 3.50. The van der Waals surface area contributed by atoms with Crippen molar-refractivity contribution in [3.05, 3.63) is 17.5 Å². The fraction of sp³-hybridized carbons (Fsp3) is 0.556. The molecule has 0 spiro atoms. The van der Waals surface area contributed by atoms with E-state index in [1.807, 2.05) is 11.8 Å². The zero-order chi connectivity index (χ0) is 9.97. The highest BCUT2D eigenvalue weighted by molar-refractivity contribution is 7.99. The van der Waals surface area contributed by atoms with Crippen molar-refractivity contribution in [2.75, 3.05) is 11.5 Å². The Morgan fingerprint density at radius 3 is 2.93 bits per heavy atom. The monoisotopic (exact) mass is 212 g/mol. The highest BCUT2D eigenvalue weighted by Gasteiger charge is 2.22. The van der Waals surface area contributed by atoms with Gasteiger partial charge in [0, 0.05) is 5.92 Å². The maximum absolute atomic E-state index is 10.9. The summed E-state index contributed by atoms with van der Waals surface area (Å²) in [5, 5.41) is 15.5. The van der Waals surface area contributed by atoms with E-state index < -0.39 is 5.97 Å². The van der Waals surface area contributed by atoms with Gasteiger partial charge in [0.1, 0.15) is 5.56 Å². The summed E-state index contributed by atoms with van der Waals surface area (Å²) in [5.74, 6) is 1.70. The fourth-order valence-electron chi connectivity index (χ4n) is 1.76. The summed E-state index contributed by atoms with van der Waals surface area (Å²) >= 11 is 1.93. The number of hydrogen-bond acceptors (Lipinski definition) is 3. The van der Waals surface area contributed by atoms with Gasteiger partial charge in [0.05, 0.1) is 11.9 Å². The molecule has 0 saturated carbocycles. The number of aromatic nitrogens is 2. The van der Waals surface area contributed by atoms with E-state index in [4.69, 9.17) is 5.11 Å². The van der Waals surface area contributed by atoms with Crippen LogP contribution in [0.1, 0.15) is 34.8 Å². The van der Waals surface area contributed by atoms with Gasteiger partial charge in [0.25, 0.3) is 0 Å². The van der Waals surface area contributed by atoms with E-state index in [0.717, 1.165) is 30.0 Å². The maximum Gasteiger partial charge on any atom is 0.339 e. The van der Waals surface area contributed by atoms with Crippen molar-refractivity contribution < 1.29 is 9.90 Å². The van der Waals surface area contributed by atoms with Gasteiger partial charge in [0.15, 0.2) is 0 Å². The van der Waals surface area contributed by atoms with Crippen LogP contribution in [0, 0.1) is 0 Å². The maximum atomic E-state index is 10.9. The second-order valence-electron chi connectivity index (χ2n) is 3.39. The lowest BCUT2D eigenvalue weighted by atomic mass is 9.96. The van der Waals surface area contributed by atoms with Gasteiger partial charge in [-0.2, -0.15) is 16.9 Å². The number of nitrogens with zero attached hydrogens (tertiary/aromatic N) is 1. The fourth-order valence-corrected chi connectivity index (χ4v) is 2.87. The van der Waals surface area contributed by atoms with E-state index >= 15 is 0 Å². The van der Waals surface area contributed by atoms with Gasteiger partial charge in [-0.1, -0.05) is 0 Å². The lowest BCUT2D eigenvalue weighted by Crippen LogP contribution is -2.12. The van der Waals surface area contributed by atoms with E-state index in [-0.39, 0.29) is 0 Å². The first-order valence-corrected chi connectivity index (χ1v) is 5.79. The summed E-state index contributed by atoms with van der Waals surface area (Å²) in [6.45, 7) is 0. The SMILES string of the molecule is O=C(O)c1cn[nH]c1C1CCSCC1. The van der Waals surface area contributed by atoms with E-state index in [1.165, 1.54) is 6.20 Å². The van der Waals surface area contributed by atoms with Gasteiger partial charge in [-0.05, 0) is 24.3 Å². The quantitative estimate of drug-likeness (QED) is 0.783. The van der Waals surface area contributed by atoms with Crippen LogP contribution in [0.4, 0.5) is 0 Å². The molecule has 0 radical (unpaired) electrons. The first-order valence-electron chi connectivity index (χ1n) is 4.63. The molecule has 0 aliphatic carbocycles. The van der Waals surface area contributed by atoms with E-state index in [1.54, 1.807) is 0 Å². The lowest BCUT2D eigenvalue weighted by Gasteiger charge is -2.20. The van der Waals surface area contributed by atoms with Crippen LogP contribution in [-0.4, -0.2) is 32.8 Å². The highest BCUT2D eigenvalue weighted by atomic mass is 32.2. The third-order valence-electron chi connectivity index (χ3n) is 2.53. The number of thioether (sulfide) groups is 1. The van der Waals surface area contributed by atoms with Crippen LogP contribution in [0.25, 0.3) is 0 Å². The van der Waals surface area contributed by atoms with Crippen molar-refractivity contribution in [2.45, 2.75) is 18.8 Å². The lowest BCUT2D eigenvalue weighted by molar-refractivity contribution is 0.0695. The van der Waals surface area contributed by atoms with Crippen molar-refractivity contribution in [3.8, 4) is 0 Å². The largest absolute Gasteiger partial charge is 0.478 e. The number of carboxylic acid groups (broad SMARTS) is 1. The molecule has 0 bridgehead atoms. The summed E-state index contributed by atoms with van der Waals surface area (Å²) < 4.78 is 0. The van der Waals surface area contributed by atoms with Gasteiger partial charge in [0.2, 0.25) is 0 Å². The summed E-state index contributed by atoms with van der Waals surface area (Å²) in [6, 6.07) is 0. The van der Waals surface area contributed by atoms with Crippen LogP contribution in [0.5, 0.6) is 0 Å². The number of aromatic amines is 1. The van der Waals surface area contributed by atoms with Crippen LogP contribution < -0.4 is 0 Å². The first kappa shape index (κ1) is 9.58. The number of nitrogens with one attached hydrogen (secondary N) is 1. The van der Waals surface area contributed by atoms with Crippen LogP contribution in [0.15, 0.2) is 6.20 Å². The Morgan fingerprint density at radius 1 is 1.57 bits per heavy atom. The summed E-state index contributed by atoms with van der Waals surface area (Å²) in [5.41, 5.74) is 1.14. The average Bonchev–Trinajstić information content (AvgIpc) is 2.67. The number of H-pyrrole nitrogens is 1. The van der Waals surface area contributed by atoms with Crippen molar-refractivity contribution in [3.63, 3.8) is 0 Å². The predicted octanol–water partition coefficient (Wildman–Crippen LogP) is 1.72. The number of aromatic carboxylic acids is 1. The molecule has 2 heterocycles. The summed E-state index contributed by atoms with van der Waals surface area (Å²) in [4.78, 5) is 10.9.